The Bertz CT molecular complexity index is 342. The van der Waals surface area contributed by atoms with Crippen LogP contribution in [0, 0.1) is 0 Å². The quantitative estimate of drug-likeness (QED) is 0.610. The van der Waals surface area contributed by atoms with Crippen molar-refractivity contribution in [3.63, 3.8) is 0 Å². The molecule has 0 spiro atoms. The topological polar surface area (TPSA) is 40.6 Å². The van der Waals surface area contributed by atoms with Crippen LogP contribution in [0.25, 0.3) is 0 Å². The van der Waals surface area contributed by atoms with Gasteiger partial charge in [-0.2, -0.15) is 13.2 Å². The van der Waals surface area contributed by atoms with E-state index >= 15 is 0 Å². The van der Waals surface area contributed by atoms with E-state index in [-0.39, 0.29) is 18.5 Å². The zero-order valence-electron chi connectivity index (χ0n) is 8.62. The van der Waals surface area contributed by atoms with E-state index in [1.807, 2.05) is 0 Å². The molecule has 2 saturated heterocycles. The molecule has 7 heteroatoms. The molecule has 2 aliphatic heterocycles. The maximum atomic E-state index is 12.2. The Labute approximate surface area is 90.0 Å². The van der Waals surface area contributed by atoms with E-state index in [4.69, 9.17) is 0 Å². The van der Waals surface area contributed by atoms with Crippen molar-refractivity contribution in [1.82, 2.24) is 9.80 Å². The summed E-state index contributed by atoms with van der Waals surface area (Å²) in [4.78, 5) is 24.4. The molecule has 2 atom stereocenters. The summed E-state index contributed by atoms with van der Waals surface area (Å²) in [7, 11) is 0. The van der Waals surface area contributed by atoms with Crippen molar-refractivity contribution in [2.45, 2.75) is 31.6 Å². The maximum Gasteiger partial charge on any atom is 0.471 e. The van der Waals surface area contributed by atoms with Gasteiger partial charge in [-0.25, -0.2) is 0 Å². The Morgan fingerprint density at radius 2 is 1.81 bits per heavy atom. The lowest BCUT2D eigenvalue weighted by molar-refractivity contribution is -0.195. The van der Waals surface area contributed by atoms with Crippen LogP contribution in [0.2, 0.25) is 0 Å². The molecule has 0 aromatic carbocycles. The third kappa shape index (κ3) is 1.54. The van der Waals surface area contributed by atoms with E-state index in [1.165, 1.54) is 11.8 Å². The first-order valence-corrected chi connectivity index (χ1v) is 4.97. The van der Waals surface area contributed by atoms with Crippen LogP contribution in [0.4, 0.5) is 13.2 Å². The predicted octanol–water partition coefficient (Wildman–Crippen LogP) is 0.380. The highest BCUT2D eigenvalue weighted by Gasteiger charge is 2.55. The number of nitrogens with zero attached hydrogens (tertiary/aromatic N) is 2. The van der Waals surface area contributed by atoms with Gasteiger partial charge < -0.3 is 9.80 Å². The van der Waals surface area contributed by atoms with Crippen LogP contribution in [0.5, 0.6) is 0 Å². The average molecular weight is 236 g/mol. The highest BCUT2D eigenvalue weighted by Crippen LogP contribution is 2.35. The summed E-state index contributed by atoms with van der Waals surface area (Å²) < 4.78 is 36.5. The first kappa shape index (κ1) is 11.2. The fraction of sp³-hybridized carbons (Fsp3) is 0.778. The fourth-order valence-electron chi connectivity index (χ4n) is 2.41. The molecule has 2 rings (SSSR count). The number of carbonyl (C=O) groups excluding carboxylic acids is 2. The first-order chi connectivity index (χ1) is 7.32. The molecular weight excluding hydrogens is 225 g/mol. The summed E-state index contributed by atoms with van der Waals surface area (Å²) in [6.45, 7) is 1.82. The Morgan fingerprint density at radius 3 is 2.31 bits per heavy atom. The predicted molar refractivity (Wildman–Crippen MR) is 47.3 cm³/mol. The third-order valence-corrected chi connectivity index (χ3v) is 3.20. The molecule has 0 unspecified atom stereocenters. The monoisotopic (exact) mass is 236 g/mol. The van der Waals surface area contributed by atoms with Crippen LogP contribution in [0.15, 0.2) is 0 Å². The molecule has 16 heavy (non-hydrogen) atoms. The van der Waals surface area contributed by atoms with Crippen LogP contribution in [-0.4, -0.2) is 53.0 Å². The van der Waals surface area contributed by atoms with Gasteiger partial charge in [0.2, 0.25) is 5.91 Å². The Balaban J connectivity index is 2.02. The van der Waals surface area contributed by atoms with Crippen LogP contribution in [0.3, 0.4) is 0 Å². The van der Waals surface area contributed by atoms with Crippen molar-refractivity contribution in [3.8, 4) is 0 Å². The summed E-state index contributed by atoms with van der Waals surface area (Å²) in [6, 6.07) is -0.665. The second-order valence-electron chi connectivity index (χ2n) is 4.09. The minimum absolute atomic E-state index is 0.00257. The number of fused-ring (bicyclic) bond motifs is 1. The number of halogens is 3. The van der Waals surface area contributed by atoms with E-state index in [0.717, 1.165) is 4.90 Å². The van der Waals surface area contributed by atoms with E-state index < -0.39 is 18.1 Å². The lowest BCUT2D eigenvalue weighted by atomic mass is 9.97. The van der Waals surface area contributed by atoms with Gasteiger partial charge in [0.1, 0.15) is 0 Å². The number of hydrogen-bond acceptors (Lipinski definition) is 2. The largest absolute Gasteiger partial charge is 0.471 e. The van der Waals surface area contributed by atoms with Crippen LogP contribution >= 0.6 is 0 Å². The molecule has 90 valence electrons. The van der Waals surface area contributed by atoms with Crippen molar-refractivity contribution >= 4 is 11.8 Å². The number of hydrogen-bond donors (Lipinski definition) is 0. The Hall–Kier alpha value is -1.27. The highest BCUT2D eigenvalue weighted by atomic mass is 19.4. The average Bonchev–Trinajstić information content (AvgIpc) is 2.41. The molecule has 0 bridgehead atoms. The van der Waals surface area contributed by atoms with Crippen LogP contribution in [-0.2, 0) is 9.59 Å². The number of carbonyl (C=O) groups is 2. The van der Waals surface area contributed by atoms with Crippen molar-refractivity contribution < 1.29 is 22.8 Å². The van der Waals surface area contributed by atoms with Crippen molar-refractivity contribution in [2.75, 3.05) is 13.1 Å². The highest BCUT2D eigenvalue weighted by molar-refractivity contribution is 5.84. The molecular formula is C9H11F3N2O2. The van der Waals surface area contributed by atoms with Gasteiger partial charge in [0.15, 0.2) is 0 Å². The van der Waals surface area contributed by atoms with E-state index in [2.05, 4.69) is 0 Å². The SMILES string of the molecule is CC(=O)N1CC[C@H]2[C@@H]1CN2C(=O)C(F)(F)F. The summed E-state index contributed by atoms with van der Waals surface area (Å²) in [5.74, 6) is -1.94. The molecule has 0 aromatic heterocycles. The number of rotatable bonds is 0. The van der Waals surface area contributed by atoms with Gasteiger partial charge in [-0.05, 0) is 6.42 Å². The molecule has 0 radical (unpaired) electrons. The molecule has 4 nitrogen and oxygen atoms in total. The van der Waals surface area contributed by atoms with Gasteiger partial charge >= 0.3 is 12.1 Å². The van der Waals surface area contributed by atoms with Crippen molar-refractivity contribution in [3.05, 3.63) is 0 Å². The molecule has 2 fully saturated rings. The molecule has 0 aliphatic carbocycles. The van der Waals surface area contributed by atoms with E-state index in [0.29, 0.717) is 13.0 Å². The van der Waals surface area contributed by atoms with Crippen LogP contribution in [0.1, 0.15) is 13.3 Å². The molecule has 0 aromatic rings. The first-order valence-electron chi connectivity index (χ1n) is 4.97. The minimum atomic E-state index is -4.81. The zero-order chi connectivity index (χ0) is 12.1. The van der Waals surface area contributed by atoms with Gasteiger partial charge in [0.05, 0.1) is 12.1 Å². The van der Waals surface area contributed by atoms with E-state index in [9.17, 15) is 22.8 Å². The number of alkyl halides is 3. The second-order valence-corrected chi connectivity index (χ2v) is 4.09. The van der Waals surface area contributed by atoms with Gasteiger partial charge in [0.25, 0.3) is 0 Å². The van der Waals surface area contributed by atoms with Crippen LogP contribution < -0.4 is 0 Å². The number of amides is 2. The number of likely N-dealkylation sites (tertiary alicyclic amines) is 2. The second kappa shape index (κ2) is 3.36. The summed E-state index contributed by atoms with van der Waals surface area (Å²) >= 11 is 0. The fourth-order valence-corrected chi connectivity index (χ4v) is 2.41. The normalized spacial score (nSPS) is 28.8. The maximum absolute atomic E-state index is 12.2. The standard InChI is InChI=1S/C9H11F3N2O2/c1-5(15)13-3-2-6-7(13)4-14(6)8(16)9(10,11)12/h6-7H,2-4H2,1H3/t6-,7-/m0/s1. The summed E-state index contributed by atoms with van der Waals surface area (Å²) in [6.07, 6.45) is -4.37. The summed E-state index contributed by atoms with van der Waals surface area (Å²) in [5, 5.41) is 0. The van der Waals surface area contributed by atoms with Gasteiger partial charge in [-0.3, -0.25) is 9.59 Å². The molecule has 2 amide bonds. The lowest BCUT2D eigenvalue weighted by Gasteiger charge is -2.46. The van der Waals surface area contributed by atoms with Crippen molar-refractivity contribution in [1.29, 1.82) is 0 Å². The lowest BCUT2D eigenvalue weighted by Crippen LogP contribution is -2.66. The van der Waals surface area contributed by atoms with Gasteiger partial charge in [-0.1, -0.05) is 0 Å². The Morgan fingerprint density at radius 1 is 1.19 bits per heavy atom. The minimum Gasteiger partial charge on any atom is -0.336 e. The molecule has 0 saturated carbocycles. The summed E-state index contributed by atoms with van der Waals surface area (Å²) in [5.41, 5.74) is 0. The van der Waals surface area contributed by atoms with E-state index in [1.54, 1.807) is 0 Å². The Kier molecular flexibility index (Phi) is 2.36. The smallest absolute Gasteiger partial charge is 0.336 e. The van der Waals surface area contributed by atoms with Gasteiger partial charge in [-0.15, -0.1) is 0 Å². The van der Waals surface area contributed by atoms with Gasteiger partial charge in [0, 0.05) is 20.0 Å². The molecule has 0 N–H and O–H groups in total. The zero-order valence-corrected chi connectivity index (χ0v) is 8.62. The molecule has 2 aliphatic rings. The third-order valence-electron chi connectivity index (χ3n) is 3.20. The molecule has 2 heterocycles. The van der Waals surface area contributed by atoms with Crippen molar-refractivity contribution in [2.24, 2.45) is 0 Å².